The van der Waals surface area contributed by atoms with Crippen LogP contribution in [0.5, 0.6) is 0 Å². The van der Waals surface area contributed by atoms with Gasteiger partial charge in [-0.2, -0.15) is 0 Å². The Morgan fingerprint density at radius 1 is 0.500 bits per heavy atom. The smallest absolute Gasteiger partial charge is 0.306 e. The molecule has 0 aliphatic rings. The second kappa shape index (κ2) is 51.4. The number of quaternary nitrogens is 1. The Balaban J connectivity index is 5.30. The van der Waals surface area contributed by atoms with E-state index in [4.69, 9.17) is 13.8 Å². The number of hydrogen-bond acceptors (Lipinski definition) is 7. The molecule has 0 aliphatic carbocycles. The maximum Gasteiger partial charge on any atom is 0.306 e. The van der Waals surface area contributed by atoms with Crippen LogP contribution in [-0.2, 0) is 27.9 Å². The van der Waals surface area contributed by atoms with Crippen molar-refractivity contribution in [1.29, 1.82) is 0 Å². The van der Waals surface area contributed by atoms with Crippen molar-refractivity contribution >= 4 is 19.7 Å². The van der Waals surface area contributed by atoms with Gasteiger partial charge in [0.15, 0.2) is 0 Å². The first-order valence-corrected chi connectivity index (χ1v) is 30.5. The van der Waals surface area contributed by atoms with Crippen LogP contribution in [0.1, 0.15) is 233 Å². The van der Waals surface area contributed by atoms with Crippen molar-refractivity contribution in [2.45, 2.75) is 245 Å². The first-order chi connectivity index (χ1) is 34.9. The lowest BCUT2D eigenvalue weighted by atomic mass is 10.0. The summed E-state index contributed by atoms with van der Waals surface area (Å²) < 4.78 is 30.2. The van der Waals surface area contributed by atoms with Crippen molar-refractivity contribution < 1.29 is 37.3 Å². The normalized spacial score (nSPS) is 14.5. The second-order valence-corrected chi connectivity index (χ2v) is 21.8. The van der Waals surface area contributed by atoms with Gasteiger partial charge in [0.1, 0.15) is 19.3 Å². The lowest BCUT2D eigenvalue weighted by molar-refractivity contribution is -0.870. The van der Waals surface area contributed by atoms with E-state index in [1.807, 2.05) is 33.3 Å². The third-order valence-corrected chi connectivity index (χ3v) is 13.2. The molecule has 0 aromatic rings. The van der Waals surface area contributed by atoms with Gasteiger partial charge in [-0.1, -0.05) is 215 Å². The highest BCUT2D eigenvalue weighted by Gasteiger charge is 2.27. The summed E-state index contributed by atoms with van der Waals surface area (Å²) in [6.07, 6.45) is 68.0. The molecule has 72 heavy (non-hydrogen) atoms. The number of nitrogens with one attached hydrogen (secondary N) is 1. The van der Waals surface area contributed by atoms with Gasteiger partial charge in [0, 0.05) is 12.8 Å². The zero-order valence-corrected chi connectivity index (χ0v) is 48.0. The van der Waals surface area contributed by atoms with Gasteiger partial charge < -0.3 is 28.5 Å². The molecule has 0 saturated heterocycles. The van der Waals surface area contributed by atoms with Crippen molar-refractivity contribution in [3.05, 3.63) is 97.2 Å². The number of hydrogen-bond donors (Lipinski definition) is 1. The van der Waals surface area contributed by atoms with E-state index in [-0.39, 0.29) is 24.9 Å². The van der Waals surface area contributed by atoms with Gasteiger partial charge in [0.25, 0.3) is 7.82 Å². The lowest BCUT2D eigenvalue weighted by Crippen LogP contribution is -2.47. The highest BCUT2D eigenvalue weighted by atomic mass is 31.2. The van der Waals surface area contributed by atoms with Crippen LogP contribution in [0.3, 0.4) is 0 Å². The molecule has 0 rings (SSSR count). The lowest BCUT2D eigenvalue weighted by Gasteiger charge is -2.30. The zero-order valence-electron chi connectivity index (χ0n) is 47.1. The first kappa shape index (κ1) is 68.9. The van der Waals surface area contributed by atoms with E-state index in [0.29, 0.717) is 23.9 Å². The fourth-order valence-electron chi connectivity index (χ4n) is 7.74. The maximum atomic E-state index is 13.4. The van der Waals surface area contributed by atoms with E-state index in [1.165, 1.54) is 64.2 Å². The number of carbonyl (C=O) groups excluding carboxylic acids is 2. The topological polar surface area (TPSA) is 114 Å². The average molecular weight is 1030 g/mol. The number of nitrogens with zero attached hydrogens (tertiary/aromatic N) is 1. The summed E-state index contributed by atoms with van der Waals surface area (Å²) in [6.45, 7) is 6.64. The van der Waals surface area contributed by atoms with E-state index >= 15 is 0 Å². The molecule has 0 spiro atoms. The van der Waals surface area contributed by atoms with Crippen LogP contribution < -0.4 is 10.2 Å². The molecule has 3 atom stereocenters. The third kappa shape index (κ3) is 51.8. The molecular weight excluding hydrogens is 916 g/mol. The Morgan fingerprint density at radius 2 is 0.903 bits per heavy atom. The van der Waals surface area contributed by atoms with E-state index in [9.17, 15) is 19.0 Å². The minimum Gasteiger partial charge on any atom is -0.756 e. The number of phosphoric acid groups is 1. The maximum absolute atomic E-state index is 13.4. The number of phosphoric ester groups is 1. The molecule has 0 aromatic carbocycles. The molecule has 0 aromatic heterocycles. The third-order valence-electron chi connectivity index (χ3n) is 12.2. The van der Waals surface area contributed by atoms with Gasteiger partial charge in [-0.15, -0.1) is 0 Å². The number of allylic oxidation sites excluding steroid dienone is 15. The minimum atomic E-state index is -4.70. The van der Waals surface area contributed by atoms with Gasteiger partial charge in [-0.05, 0) is 102 Å². The summed E-state index contributed by atoms with van der Waals surface area (Å²) in [5.41, 5.74) is 0. The highest BCUT2D eigenvalue weighted by molar-refractivity contribution is 7.45. The van der Waals surface area contributed by atoms with E-state index in [2.05, 4.69) is 111 Å². The molecule has 3 unspecified atom stereocenters. The quantitative estimate of drug-likeness (QED) is 0.0212. The molecule has 0 aliphatic heterocycles. The fourth-order valence-corrected chi connectivity index (χ4v) is 8.46. The molecule has 0 fully saturated rings. The molecule has 0 saturated carbocycles. The molecule has 0 heterocycles. The van der Waals surface area contributed by atoms with E-state index in [0.717, 1.165) is 128 Å². The molecule has 10 heteroatoms. The Labute approximate surface area is 443 Å². The number of ether oxygens (including phenoxy) is 1. The summed E-state index contributed by atoms with van der Waals surface area (Å²) in [4.78, 5) is 39.8. The van der Waals surface area contributed by atoms with Crippen molar-refractivity contribution in [3.63, 3.8) is 0 Å². The first-order valence-electron chi connectivity index (χ1n) is 29.0. The Bertz CT molecular complexity index is 1560. The van der Waals surface area contributed by atoms with Gasteiger partial charge >= 0.3 is 5.97 Å². The molecule has 414 valence electrons. The second-order valence-electron chi connectivity index (χ2n) is 20.4. The van der Waals surface area contributed by atoms with Crippen LogP contribution in [0.2, 0.25) is 0 Å². The molecule has 0 bridgehead atoms. The number of unbranched alkanes of at least 4 members (excludes halogenated alkanes) is 21. The Hall–Kier alpha value is -3.07. The van der Waals surface area contributed by atoms with Crippen LogP contribution in [0.25, 0.3) is 0 Å². The van der Waals surface area contributed by atoms with Gasteiger partial charge in [0.2, 0.25) is 5.91 Å². The molecule has 0 radical (unpaired) electrons. The standard InChI is InChI=1S/C62H109N2O7P/c1-7-10-13-16-19-22-25-27-28-29-30-31-32-33-34-35-36-37-40-43-46-49-52-55-62(66)71-60(53-50-47-44-41-39-26-23-20-17-14-11-8-2)59(58-70-72(67,68)69-57-56-64(4,5)6)63-61(65)54-51-48-45-42-38-24-21-18-15-12-9-3/h10,13,18-19,21-22,27-28,30-31,33-34,36-37,50,53,59-60H,7-9,11-12,14-17,20,23-26,29,32,35,38-49,51-52,54-58H2,1-6H3,(H-,63,65,67,68)/b13-10-,21-18-,22-19-,28-27-,31-30-,34-33-,37-36-,53-50-. The van der Waals surface area contributed by atoms with Crippen molar-refractivity contribution in [1.82, 2.24) is 5.32 Å². The van der Waals surface area contributed by atoms with Crippen LogP contribution in [0.4, 0.5) is 0 Å². The molecule has 1 amide bonds. The number of esters is 1. The summed E-state index contributed by atoms with van der Waals surface area (Å²) in [6, 6.07) is -0.907. The Kier molecular flexibility index (Phi) is 49.2. The van der Waals surface area contributed by atoms with Gasteiger partial charge in [-0.3, -0.25) is 14.2 Å². The predicted octanol–water partition coefficient (Wildman–Crippen LogP) is 17.0. The summed E-state index contributed by atoms with van der Waals surface area (Å²) in [5, 5.41) is 3.00. The summed E-state index contributed by atoms with van der Waals surface area (Å²) >= 11 is 0. The minimum absolute atomic E-state index is 0.0327. The molecule has 1 N–H and O–H groups in total. The Morgan fingerprint density at radius 3 is 1.39 bits per heavy atom. The van der Waals surface area contributed by atoms with Crippen molar-refractivity contribution in [2.75, 3.05) is 40.9 Å². The number of likely N-dealkylation sites (N-methyl/N-ethyl adjacent to an activating group) is 1. The van der Waals surface area contributed by atoms with Crippen molar-refractivity contribution in [3.8, 4) is 0 Å². The summed E-state index contributed by atoms with van der Waals surface area (Å²) in [7, 11) is 1.15. The fraction of sp³-hybridized carbons (Fsp3) is 0.710. The zero-order chi connectivity index (χ0) is 52.9. The van der Waals surface area contributed by atoms with Crippen LogP contribution in [0, 0.1) is 0 Å². The van der Waals surface area contributed by atoms with Crippen molar-refractivity contribution in [2.24, 2.45) is 0 Å². The molecular formula is C62H109N2O7P. The van der Waals surface area contributed by atoms with E-state index < -0.39 is 26.6 Å². The monoisotopic (exact) mass is 1020 g/mol. The largest absolute Gasteiger partial charge is 0.756 e. The van der Waals surface area contributed by atoms with Crippen LogP contribution in [-0.4, -0.2) is 69.4 Å². The SMILES string of the molecule is CC/C=C\C/C=C\C/C=C\C/C=C\C/C=C\C/C=C\CCCCCCC(=O)OC(/C=C\CCCCCCCCCCCC)C(COP(=O)([O-])OCC[N+](C)(C)C)NC(=O)CCCCCCC/C=C\CCCC. The van der Waals surface area contributed by atoms with Gasteiger partial charge in [-0.25, -0.2) is 0 Å². The number of amides is 1. The van der Waals surface area contributed by atoms with Gasteiger partial charge in [0.05, 0.1) is 33.8 Å². The number of carbonyl (C=O) groups is 2. The average Bonchev–Trinajstić information content (AvgIpc) is 3.34. The van der Waals surface area contributed by atoms with Crippen LogP contribution >= 0.6 is 7.82 Å². The number of rotatable bonds is 51. The van der Waals surface area contributed by atoms with Crippen LogP contribution in [0.15, 0.2) is 97.2 Å². The van der Waals surface area contributed by atoms with E-state index in [1.54, 1.807) is 0 Å². The summed E-state index contributed by atoms with van der Waals surface area (Å²) in [5.74, 6) is -0.588. The predicted molar refractivity (Wildman–Crippen MR) is 307 cm³/mol. The molecule has 9 nitrogen and oxygen atoms in total. The highest BCUT2D eigenvalue weighted by Crippen LogP contribution is 2.38.